The van der Waals surface area contributed by atoms with Gasteiger partial charge in [-0.25, -0.2) is 9.97 Å². The minimum absolute atomic E-state index is 0.116. The van der Waals surface area contributed by atoms with E-state index in [-0.39, 0.29) is 11.3 Å². The zero-order valence-corrected chi connectivity index (χ0v) is 17.7. The van der Waals surface area contributed by atoms with Gasteiger partial charge in [-0.05, 0) is 42.2 Å². The molecule has 7 rings (SSSR count). The van der Waals surface area contributed by atoms with Crippen LogP contribution in [0.4, 0.5) is 5.82 Å². The number of nitrogens with zero attached hydrogens (tertiary/aromatic N) is 3. The Hall–Kier alpha value is -2.77. The number of fused-ring (bicyclic) bond motifs is 1. The molecule has 1 N–H and O–H groups in total. The Morgan fingerprint density at radius 3 is 2.65 bits per heavy atom. The molecule has 1 saturated heterocycles. The highest BCUT2D eigenvalue weighted by atomic mass is 16.5. The summed E-state index contributed by atoms with van der Waals surface area (Å²) in [6, 6.07) is 8.00. The number of rotatable bonds is 5. The van der Waals surface area contributed by atoms with Crippen molar-refractivity contribution < 1.29 is 13.9 Å². The number of carbonyl (C=O) groups is 1. The molecule has 0 spiro atoms. The zero-order valence-electron chi connectivity index (χ0n) is 17.7. The van der Waals surface area contributed by atoms with Gasteiger partial charge in [0.05, 0.1) is 24.8 Å². The Bertz CT molecular complexity index is 1140. The number of pyridine rings is 1. The van der Waals surface area contributed by atoms with Crippen molar-refractivity contribution in [3.05, 3.63) is 42.5 Å². The number of ether oxygens (including phenoxy) is 1. The number of carbonyl (C=O) groups excluding carboxylic acids is 1. The third kappa shape index (κ3) is 3.23. The Morgan fingerprint density at radius 2 is 1.90 bits per heavy atom. The quantitative estimate of drug-likeness (QED) is 0.681. The lowest BCUT2D eigenvalue weighted by Gasteiger charge is -2.70. The van der Waals surface area contributed by atoms with E-state index in [0.29, 0.717) is 17.1 Å². The first-order valence-corrected chi connectivity index (χ1v) is 11.0. The maximum Gasteiger partial charge on any atom is 0.231 e. The highest BCUT2D eigenvalue weighted by molar-refractivity contribution is 5.98. The van der Waals surface area contributed by atoms with Gasteiger partial charge in [-0.3, -0.25) is 9.69 Å². The topological polar surface area (TPSA) is 80.5 Å². The third-order valence-corrected chi connectivity index (χ3v) is 7.15. The molecule has 2 aromatic heterocycles. The number of benzene rings is 1. The van der Waals surface area contributed by atoms with E-state index in [9.17, 15) is 4.79 Å². The van der Waals surface area contributed by atoms with Crippen molar-refractivity contribution in [3.63, 3.8) is 0 Å². The number of nitrogens with one attached hydrogen (secondary N) is 1. The van der Waals surface area contributed by atoms with Crippen molar-refractivity contribution >= 4 is 22.5 Å². The van der Waals surface area contributed by atoms with Gasteiger partial charge in [0.25, 0.3) is 0 Å². The molecule has 7 heteroatoms. The van der Waals surface area contributed by atoms with Crippen LogP contribution in [0.5, 0.6) is 0 Å². The van der Waals surface area contributed by atoms with Gasteiger partial charge in [0, 0.05) is 43.7 Å². The molecule has 1 aliphatic heterocycles. The molecular weight excluding hydrogens is 392 g/mol. The number of amides is 1. The largest absolute Gasteiger partial charge is 0.441 e. The summed E-state index contributed by atoms with van der Waals surface area (Å²) in [5.74, 6) is 2.10. The van der Waals surface area contributed by atoms with Crippen LogP contribution >= 0.6 is 0 Å². The SMILES string of the molecule is Cc1ncc(-c2ccc3cnc(NC(=O)[C@]45C[C@](CN6CCOCC6)(C4)C5)cc3c2)o1. The molecule has 0 unspecified atom stereocenters. The zero-order chi connectivity index (χ0) is 21.1. The van der Waals surface area contributed by atoms with Crippen LogP contribution in [-0.2, 0) is 9.53 Å². The van der Waals surface area contributed by atoms with Crippen molar-refractivity contribution in [2.45, 2.75) is 26.2 Å². The predicted molar refractivity (Wildman–Crippen MR) is 117 cm³/mol. The summed E-state index contributed by atoms with van der Waals surface area (Å²) in [5, 5.41) is 5.11. The molecule has 2 bridgehead atoms. The van der Waals surface area contributed by atoms with Crippen LogP contribution in [0.25, 0.3) is 22.1 Å². The van der Waals surface area contributed by atoms with Crippen LogP contribution in [-0.4, -0.2) is 53.6 Å². The fourth-order valence-corrected chi connectivity index (χ4v) is 5.75. The molecular formula is C24H26N4O3. The minimum Gasteiger partial charge on any atom is -0.441 e. The average molecular weight is 418 g/mol. The van der Waals surface area contributed by atoms with E-state index in [2.05, 4.69) is 20.2 Å². The van der Waals surface area contributed by atoms with Crippen LogP contribution in [0.2, 0.25) is 0 Å². The molecule has 1 aromatic carbocycles. The van der Waals surface area contributed by atoms with Crippen molar-refractivity contribution in [1.82, 2.24) is 14.9 Å². The first kappa shape index (κ1) is 19.0. The van der Waals surface area contributed by atoms with E-state index in [4.69, 9.17) is 9.15 Å². The van der Waals surface area contributed by atoms with Gasteiger partial charge in [0.15, 0.2) is 11.7 Å². The Labute approximate surface area is 180 Å². The normalized spacial score (nSPS) is 27.5. The number of hydrogen-bond donors (Lipinski definition) is 1. The number of aryl methyl sites for hydroxylation is 1. The first-order valence-electron chi connectivity index (χ1n) is 11.0. The van der Waals surface area contributed by atoms with E-state index in [1.54, 1.807) is 6.20 Å². The van der Waals surface area contributed by atoms with Gasteiger partial charge in [-0.15, -0.1) is 0 Å². The number of aromatic nitrogens is 2. The van der Waals surface area contributed by atoms with E-state index < -0.39 is 0 Å². The molecule has 1 amide bonds. The van der Waals surface area contributed by atoms with Crippen LogP contribution in [0.15, 0.2) is 41.1 Å². The lowest BCUT2D eigenvalue weighted by Crippen LogP contribution is -2.70. The number of anilines is 1. The molecule has 3 aromatic rings. The highest BCUT2D eigenvalue weighted by Gasteiger charge is 2.71. The van der Waals surface area contributed by atoms with Gasteiger partial charge in [0.2, 0.25) is 5.91 Å². The Balaban J connectivity index is 1.14. The molecule has 4 aliphatic rings. The summed E-state index contributed by atoms with van der Waals surface area (Å²) in [4.78, 5) is 24.1. The summed E-state index contributed by atoms with van der Waals surface area (Å²) in [7, 11) is 0. The number of morpholine rings is 1. The van der Waals surface area contributed by atoms with E-state index in [1.807, 2.05) is 37.4 Å². The predicted octanol–water partition coefficient (Wildman–Crippen LogP) is 3.64. The van der Waals surface area contributed by atoms with Gasteiger partial charge < -0.3 is 14.5 Å². The number of hydrogen-bond acceptors (Lipinski definition) is 6. The third-order valence-electron chi connectivity index (χ3n) is 7.15. The molecule has 3 saturated carbocycles. The maximum absolute atomic E-state index is 13.0. The van der Waals surface area contributed by atoms with Crippen LogP contribution < -0.4 is 5.32 Å². The van der Waals surface area contributed by atoms with Gasteiger partial charge in [0.1, 0.15) is 5.82 Å². The smallest absolute Gasteiger partial charge is 0.231 e. The monoisotopic (exact) mass is 418 g/mol. The summed E-state index contributed by atoms with van der Waals surface area (Å²) in [5.41, 5.74) is 1.11. The van der Waals surface area contributed by atoms with Gasteiger partial charge in [-0.1, -0.05) is 12.1 Å². The summed E-state index contributed by atoms with van der Waals surface area (Å²) in [6.07, 6.45) is 6.52. The molecule has 4 fully saturated rings. The second-order valence-electron chi connectivity index (χ2n) is 9.53. The lowest BCUT2D eigenvalue weighted by molar-refractivity contribution is -0.211. The maximum atomic E-state index is 13.0. The molecule has 160 valence electrons. The van der Waals surface area contributed by atoms with Crippen molar-refractivity contribution in [3.8, 4) is 11.3 Å². The summed E-state index contributed by atoms with van der Waals surface area (Å²) >= 11 is 0. The van der Waals surface area contributed by atoms with Crippen molar-refractivity contribution in [2.75, 3.05) is 38.2 Å². The van der Waals surface area contributed by atoms with Crippen LogP contribution in [0.1, 0.15) is 25.2 Å². The molecule has 31 heavy (non-hydrogen) atoms. The fourth-order valence-electron chi connectivity index (χ4n) is 5.75. The molecule has 3 aliphatic carbocycles. The highest BCUT2D eigenvalue weighted by Crippen LogP contribution is 2.73. The Morgan fingerprint density at radius 1 is 1.10 bits per heavy atom. The van der Waals surface area contributed by atoms with E-state index in [0.717, 1.165) is 74.2 Å². The van der Waals surface area contributed by atoms with Crippen LogP contribution in [0, 0.1) is 17.8 Å². The van der Waals surface area contributed by atoms with Gasteiger partial charge in [-0.2, -0.15) is 0 Å². The van der Waals surface area contributed by atoms with Crippen LogP contribution in [0.3, 0.4) is 0 Å². The van der Waals surface area contributed by atoms with Crippen molar-refractivity contribution in [1.29, 1.82) is 0 Å². The molecule has 3 heterocycles. The van der Waals surface area contributed by atoms with E-state index >= 15 is 0 Å². The Kier molecular flexibility index (Phi) is 4.20. The average Bonchev–Trinajstić information content (AvgIpc) is 3.16. The van der Waals surface area contributed by atoms with E-state index in [1.165, 1.54) is 0 Å². The molecule has 7 nitrogen and oxygen atoms in total. The first-order chi connectivity index (χ1) is 15.0. The second-order valence-corrected chi connectivity index (χ2v) is 9.53. The second kappa shape index (κ2) is 6.87. The summed E-state index contributed by atoms with van der Waals surface area (Å²) in [6.45, 7) is 6.61. The lowest BCUT2D eigenvalue weighted by atomic mass is 9.34. The fraction of sp³-hybridized carbons (Fsp3) is 0.458. The minimum atomic E-state index is -0.192. The number of oxazole rings is 1. The van der Waals surface area contributed by atoms with Crippen molar-refractivity contribution in [2.24, 2.45) is 10.8 Å². The van der Waals surface area contributed by atoms with Gasteiger partial charge >= 0.3 is 0 Å². The summed E-state index contributed by atoms with van der Waals surface area (Å²) < 4.78 is 11.1. The molecule has 0 atom stereocenters. The standard InChI is InChI=1S/C24H26N4O3/c1-16-25-11-20(31-16)17-2-3-18-10-26-21(9-19(18)8-17)27-22(29)24-12-23(13-24,14-24)15-28-4-6-30-7-5-28/h2-3,8-11H,4-7,12-15H2,1H3,(H,26,27,29)/t23-,24+. The molecule has 0 radical (unpaired) electrons.